The van der Waals surface area contributed by atoms with Crippen molar-refractivity contribution in [2.24, 2.45) is 17.3 Å². The van der Waals surface area contributed by atoms with Gasteiger partial charge in [-0.25, -0.2) is 8.78 Å². The van der Waals surface area contributed by atoms with Gasteiger partial charge in [0.2, 0.25) is 0 Å². The fraction of sp³-hybridized carbons (Fsp3) is 0.400. The van der Waals surface area contributed by atoms with Crippen LogP contribution in [-0.2, 0) is 0 Å². The quantitative estimate of drug-likeness (QED) is 0.814. The lowest BCUT2D eigenvalue weighted by Crippen LogP contribution is -2.52. The molecule has 2 aliphatic rings. The van der Waals surface area contributed by atoms with E-state index in [9.17, 15) is 24.6 Å². The van der Waals surface area contributed by atoms with Gasteiger partial charge in [0.15, 0.2) is 17.0 Å². The number of fused-ring (bicyclic) bond motifs is 1. The lowest BCUT2D eigenvalue weighted by atomic mass is 9.54. The van der Waals surface area contributed by atoms with Crippen molar-refractivity contribution in [2.45, 2.75) is 12.8 Å². The van der Waals surface area contributed by atoms with Gasteiger partial charge in [0, 0.05) is 24.9 Å². The van der Waals surface area contributed by atoms with Gasteiger partial charge in [-0.05, 0) is 29.8 Å². The first-order valence-corrected chi connectivity index (χ1v) is 8.61. The van der Waals surface area contributed by atoms with Crippen LogP contribution in [0.2, 0.25) is 0 Å². The van der Waals surface area contributed by atoms with E-state index >= 15 is 0 Å². The molecule has 1 aliphatic carbocycles. The van der Waals surface area contributed by atoms with E-state index in [0.29, 0.717) is 18.7 Å². The van der Waals surface area contributed by atoms with Crippen molar-refractivity contribution in [3.8, 4) is 18.2 Å². The van der Waals surface area contributed by atoms with Crippen molar-refractivity contribution in [3.05, 3.63) is 47.0 Å². The van der Waals surface area contributed by atoms with E-state index in [4.69, 9.17) is 5.41 Å². The lowest BCUT2D eigenvalue weighted by molar-refractivity contribution is 0.211. The zero-order chi connectivity index (χ0) is 19.8. The van der Waals surface area contributed by atoms with Crippen LogP contribution in [0.5, 0.6) is 0 Å². The highest BCUT2D eigenvalue weighted by atomic mass is 19.2. The summed E-state index contributed by atoms with van der Waals surface area (Å²) in [6.07, 6.45) is 1.87. The minimum absolute atomic E-state index is 0.284. The van der Waals surface area contributed by atoms with E-state index in [2.05, 4.69) is 11.0 Å². The molecule has 1 fully saturated rings. The number of nitrogens with zero attached hydrogens (tertiary/aromatic N) is 4. The average Bonchev–Trinajstić information content (AvgIpc) is 2.69. The van der Waals surface area contributed by atoms with Crippen LogP contribution in [0, 0.1) is 68.3 Å². The maximum atomic E-state index is 13.9. The van der Waals surface area contributed by atoms with E-state index in [0.717, 1.165) is 18.7 Å². The second kappa shape index (κ2) is 6.91. The van der Waals surface area contributed by atoms with Crippen molar-refractivity contribution in [1.82, 2.24) is 4.90 Å². The number of hydrogen-bond acceptors (Lipinski definition) is 5. The fourth-order valence-electron chi connectivity index (χ4n) is 4.21. The number of rotatable bonds is 2. The Morgan fingerprint density at radius 2 is 1.93 bits per heavy atom. The van der Waals surface area contributed by atoms with Crippen molar-refractivity contribution in [3.63, 3.8) is 0 Å². The highest BCUT2D eigenvalue weighted by Crippen LogP contribution is 2.53. The van der Waals surface area contributed by atoms with Crippen molar-refractivity contribution < 1.29 is 8.78 Å². The molecule has 0 amide bonds. The van der Waals surface area contributed by atoms with Gasteiger partial charge in [-0.2, -0.15) is 15.8 Å². The van der Waals surface area contributed by atoms with Gasteiger partial charge >= 0.3 is 0 Å². The van der Waals surface area contributed by atoms with Crippen LogP contribution in [0.4, 0.5) is 8.78 Å². The molecule has 1 saturated carbocycles. The summed E-state index contributed by atoms with van der Waals surface area (Å²) in [7, 11) is 0. The average molecular weight is 365 g/mol. The monoisotopic (exact) mass is 365 g/mol. The molecular weight excluding hydrogens is 348 g/mol. The molecule has 0 aromatic heterocycles. The van der Waals surface area contributed by atoms with Crippen molar-refractivity contribution >= 4 is 5.71 Å². The number of halogens is 2. The zero-order valence-corrected chi connectivity index (χ0v) is 14.7. The maximum Gasteiger partial charge on any atom is 0.189 e. The fourth-order valence-corrected chi connectivity index (χ4v) is 4.21. The molecule has 1 aromatic rings. The lowest BCUT2D eigenvalue weighted by Gasteiger charge is -2.47. The van der Waals surface area contributed by atoms with E-state index in [1.807, 2.05) is 25.1 Å². The summed E-state index contributed by atoms with van der Waals surface area (Å²) in [5, 5.41) is 37.8. The normalized spacial score (nSPS) is 26.9. The number of nitriles is 3. The third kappa shape index (κ3) is 2.70. The first-order valence-electron chi connectivity index (χ1n) is 8.61. The Labute approximate surface area is 156 Å². The largest absolute Gasteiger partial charge is 0.305 e. The maximum absolute atomic E-state index is 13.9. The molecule has 3 rings (SSSR count). The molecule has 0 radical (unpaired) electrons. The summed E-state index contributed by atoms with van der Waals surface area (Å²) in [5.41, 5.74) is -1.24. The number of likely N-dealkylation sites (N-methyl/N-ethyl adjacent to an activating group) is 1. The van der Waals surface area contributed by atoms with Gasteiger partial charge < -0.3 is 5.41 Å². The predicted molar refractivity (Wildman–Crippen MR) is 93.3 cm³/mol. The van der Waals surface area contributed by atoms with Gasteiger partial charge in [-0.3, -0.25) is 4.90 Å². The Hall–Kier alpha value is -3.08. The van der Waals surface area contributed by atoms with Gasteiger partial charge in [0.1, 0.15) is 5.92 Å². The van der Waals surface area contributed by atoms with E-state index < -0.39 is 34.8 Å². The molecule has 1 aromatic carbocycles. The molecule has 5 nitrogen and oxygen atoms in total. The first kappa shape index (κ1) is 18.7. The van der Waals surface area contributed by atoms with Crippen LogP contribution >= 0.6 is 0 Å². The molecular formula is C20H17F2N5. The molecule has 1 unspecified atom stereocenters. The summed E-state index contributed by atoms with van der Waals surface area (Å²) in [6, 6.07) is 9.23. The van der Waals surface area contributed by atoms with Gasteiger partial charge in [-0.1, -0.05) is 19.1 Å². The van der Waals surface area contributed by atoms with Gasteiger partial charge in [-0.15, -0.1) is 0 Å². The first-order chi connectivity index (χ1) is 12.9. The second-order valence-electron chi connectivity index (χ2n) is 6.82. The number of nitrogens with one attached hydrogen (secondary N) is 1. The van der Waals surface area contributed by atoms with Crippen LogP contribution in [0.3, 0.4) is 0 Å². The highest BCUT2D eigenvalue weighted by Gasteiger charge is 2.57. The van der Waals surface area contributed by atoms with Crippen LogP contribution < -0.4 is 0 Å². The SMILES string of the molecule is CCN1CC=C2C(C#N)C(=N)C(C#N)(C#N)[C@@H](c3ccc(F)c(F)c3)[C@@H]2C1. The molecule has 1 N–H and O–H groups in total. The van der Waals surface area contributed by atoms with Crippen LogP contribution in [0.1, 0.15) is 18.4 Å². The molecule has 3 atom stereocenters. The van der Waals surface area contributed by atoms with E-state index in [1.54, 1.807) is 0 Å². The Morgan fingerprint density at radius 3 is 2.48 bits per heavy atom. The predicted octanol–water partition coefficient (Wildman–Crippen LogP) is 3.13. The minimum atomic E-state index is -1.91. The summed E-state index contributed by atoms with van der Waals surface area (Å²) in [5.74, 6) is -4.33. The molecule has 7 heteroatoms. The third-order valence-corrected chi connectivity index (χ3v) is 5.62. The molecule has 27 heavy (non-hydrogen) atoms. The van der Waals surface area contributed by atoms with Crippen molar-refractivity contribution in [2.75, 3.05) is 19.6 Å². The molecule has 1 heterocycles. The minimum Gasteiger partial charge on any atom is -0.305 e. The molecule has 0 saturated heterocycles. The molecule has 136 valence electrons. The van der Waals surface area contributed by atoms with E-state index in [-0.39, 0.29) is 11.3 Å². The Morgan fingerprint density at radius 1 is 1.22 bits per heavy atom. The highest BCUT2D eigenvalue weighted by molar-refractivity contribution is 6.00. The summed E-state index contributed by atoms with van der Waals surface area (Å²) < 4.78 is 27.4. The van der Waals surface area contributed by atoms with E-state index in [1.165, 1.54) is 6.07 Å². The standard InChI is InChI=1S/C20H17F2N5/c1-2-27-6-5-13-14(8-23)19(26)20(10-24,11-25)18(15(13)9-27)12-3-4-16(21)17(22)7-12/h3-5,7,14-15,18,26H,2,6,9H2,1H3/t14?,15-,18+/m1/s1. The Kier molecular flexibility index (Phi) is 4.79. The summed E-state index contributed by atoms with van der Waals surface area (Å²) in [6.45, 7) is 3.78. The number of hydrogen-bond donors (Lipinski definition) is 1. The second-order valence-corrected chi connectivity index (χ2v) is 6.82. The smallest absolute Gasteiger partial charge is 0.189 e. The third-order valence-electron chi connectivity index (χ3n) is 5.62. The topological polar surface area (TPSA) is 98.5 Å². The Balaban J connectivity index is 2.26. The molecule has 0 bridgehead atoms. The van der Waals surface area contributed by atoms with Crippen LogP contribution in [0.15, 0.2) is 29.8 Å². The van der Waals surface area contributed by atoms with Gasteiger partial charge in [0.05, 0.1) is 23.9 Å². The summed E-state index contributed by atoms with van der Waals surface area (Å²) >= 11 is 0. The van der Waals surface area contributed by atoms with Crippen molar-refractivity contribution in [1.29, 1.82) is 21.2 Å². The Bertz CT molecular complexity index is 933. The molecule has 0 spiro atoms. The molecule has 1 aliphatic heterocycles. The zero-order valence-electron chi connectivity index (χ0n) is 14.7. The van der Waals surface area contributed by atoms with Gasteiger partial charge in [0.25, 0.3) is 0 Å². The van der Waals surface area contributed by atoms with Crippen LogP contribution in [0.25, 0.3) is 0 Å². The number of benzene rings is 1. The summed E-state index contributed by atoms with van der Waals surface area (Å²) in [4.78, 5) is 2.09. The van der Waals surface area contributed by atoms with Crippen LogP contribution in [-0.4, -0.2) is 30.2 Å².